The standard InChI is InChI=1S/C22H17N3O3/c1-27-12-4-6-15-17(11-24-18(15)9-12)22(26)21-20-16(7-8-23-21)14-5-3-13(28-2)10-19(14)25-20/h3-11,24-25H,1-2H3. The summed E-state index contributed by atoms with van der Waals surface area (Å²) in [5.41, 5.74) is 3.44. The lowest BCUT2D eigenvalue weighted by molar-refractivity contribution is 0.103. The minimum atomic E-state index is -0.138. The molecule has 5 rings (SSSR count). The predicted octanol–water partition coefficient (Wildman–Crippen LogP) is 4.45. The molecule has 0 aliphatic carbocycles. The van der Waals surface area contributed by atoms with E-state index in [-0.39, 0.29) is 5.78 Å². The Morgan fingerprint density at radius 2 is 1.61 bits per heavy atom. The fourth-order valence-corrected chi connectivity index (χ4v) is 3.66. The Morgan fingerprint density at radius 1 is 0.893 bits per heavy atom. The molecule has 0 aliphatic rings. The average molecular weight is 371 g/mol. The van der Waals surface area contributed by atoms with E-state index in [1.807, 2.05) is 42.5 Å². The number of pyridine rings is 1. The van der Waals surface area contributed by atoms with Crippen molar-refractivity contribution in [1.29, 1.82) is 0 Å². The van der Waals surface area contributed by atoms with Crippen molar-refractivity contribution in [3.63, 3.8) is 0 Å². The summed E-state index contributed by atoms with van der Waals surface area (Å²) in [5, 5.41) is 2.82. The molecule has 0 fully saturated rings. The number of ketones is 1. The van der Waals surface area contributed by atoms with E-state index in [1.54, 1.807) is 26.6 Å². The summed E-state index contributed by atoms with van der Waals surface area (Å²) in [6.45, 7) is 0. The molecule has 5 aromatic rings. The second-order valence-electron chi connectivity index (χ2n) is 6.56. The summed E-state index contributed by atoms with van der Waals surface area (Å²) >= 11 is 0. The molecule has 0 saturated carbocycles. The number of ether oxygens (including phenoxy) is 2. The number of carbonyl (C=O) groups excluding carboxylic acids is 1. The number of rotatable bonds is 4. The van der Waals surface area contributed by atoms with Crippen LogP contribution in [-0.2, 0) is 0 Å². The number of carbonyl (C=O) groups is 1. The van der Waals surface area contributed by atoms with E-state index in [0.29, 0.717) is 11.3 Å². The van der Waals surface area contributed by atoms with Crippen molar-refractivity contribution in [2.75, 3.05) is 14.2 Å². The maximum absolute atomic E-state index is 13.3. The van der Waals surface area contributed by atoms with Gasteiger partial charge in [0.1, 0.15) is 17.2 Å². The van der Waals surface area contributed by atoms with Crippen LogP contribution in [0.2, 0.25) is 0 Å². The molecule has 0 radical (unpaired) electrons. The number of hydrogen-bond donors (Lipinski definition) is 2. The molecule has 2 N–H and O–H groups in total. The molecule has 6 heteroatoms. The van der Waals surface area contributed by atoms with E-state index in [2.05, 4.69) is 15.0 Å². The summed E-state index contributed by atoms with van der Waals surface area (Å²) in [5.74, 6) is 1.35. The summed E-state index contributed by atoms with van der Waals surface area (Å²) < 4.78 is 10.6. The third-order valence-electron chi connectivity index (χ3n) is 5.08. The number of hydrogen-bond acceptors (Lipinski definition) is 4. The second-order valence-corrected chi connectivity index (χ2v) is 6.56. The molecule has 28 heavy (non-hydrogen) atoms. The number of fused-ring (bicyclic) bond motifs is 4. The number of methoxy groups -OCH3 is 2. The molecule has 0 saturated heterocycles. The molecule has 0 aliphatic heterocycles. The summed E-state index contributed by atoms with van der Waals surface area (Å²) in [4.78, 5) is 24.2. The monoisotopic (exact) mass is 371 g/mol. The zero-order valence-electron chi connectivity index (χ0n) is 15.4. The van der Waals surface area contributed by atoms with Gasteiger partial charge in [0.05, 0.1) is 25.3 Å². The number of aromatic amines is 2. The Kier molecular flexibility index (Phi) is 3.58. The van der Waals surface area contributed by atoms with Crippen LogP contribution in [0.4, 0.5) is 0 Å². The van der Waals surface area contributed by atoms with E-state index in [1.165, 1.54) is 0 Å². The third kappa shape index (κ3) is 2.35. The number of benzene rings is 2. The van der Waals surface area contributed by atoms with Gasteiger partial charge in [-0.25, -0.2) is 0 Å². The first-order valence-corrected chi connectivity index (χ1v) is 8.84. The molecule has 6 nitrogen and oxygen atoms in total. The minimum absolute atomic E-state index is 0.138. The first-order chi connectivity index (χ1) is 13.7. The maximum atomic E-state index is 13.3. The zero-order chi connectivity index (χ0) is 19.3. The van der Waals surface area contributed by atoms with Gasteiger partial charge in [-0.1, -0.05) is 0 Å². The predicted molar refractivity (Wildman–Crippen MR) is 108 cm³/mol. The summed E-state index contributed by atoms with van der Waals surface area (Å²) in [6, 6.07) is 13.3. The summed E-state index contributed by atoms with van der Waals surface area (Å²) in [6.07, 6.45) is 3.39. The number of H-pyrrole nitrogens is 2. The van der Waals surface area contributed by atoms with Gasteiger partial charge < -0.3 is 19.4 Å². The fourth-order valence-electron chi connectivity index (χ4n) is 3.66. The van der Waals surface area contributed by atoms with E-state index < -0.39 is 0 Å². The number of aromatic nitrogens is 3. The number of nitrogens with one attached hydrogen (secondary N) is 2. The zero-order valence-corrected chi connectivity index (χ0v) is 15.4. The van der Waals surface area contributed by atoms with Crippen molar-refractivity contribution in [3.05, 3.63) is 66.1 Å². The summed E-state index contributed by atoms with van der Waals surface area (Å²) in [7, 11) is 3.25. The van der Waals surface area contributed by atoms with Crippen molar-refractivity contribution < 1.29 is 14.3 Å². The lowest BCUT2D eigenvalue weighted by Gasteiger charge is -2.02. The fraction of sp³-hybridized carbons (Fsp3) is 0.0909. The van der Waals surface area contributed by atoms with E-state index in [0.717, 1.165) is 44.2 Å². The van der Waals surface area contributed by atoms with Gasteiger partial charge in [0.2, 0.25) is 5.78 Å². The molecule has 138 valence electrons. The minimum Gasteiger partial charge on any atom is -0.497 e. The van der Waals surface area contributed by atoms with Crippen LogP contribution in [-0.4, -0.2) is 35.0 Å². The van der Waals surface area contributed by atoms with Crippen molar-refractivity contribution >= 4 is 38.5 Å². The van der Waals surface area contributed by atoms with Crippen LogP contribution in [0.25, 0.3) is 32.7 Å². The highest BCUT2D eigenvalue weighted by Gasteiger charge is 2.20. The van der Waals surface area contributed by atoms with Crippen LogP contribution >= 0.6 is 0 Å². The van der Waals surface area contributed by atoms with E-state index in [9.17, 15) is 4.79 Å². The van der Waals surface area contributed by atoms with Gasteiger partial charge in [-0.15, -0.1) is 0 Å². The highest BCUT2D eigenvalue weighted by Crippen LogP contribution is 2.31. The first kappa shape index (κ1) is 16.4. The van der Waals surface area contributed by atoms with Crippen molar-refractivity contribution in [2.24, 2.45) is 0 Å². The second kappa shape index (κ2) is 6.13. The van der Waals surface area contributed by atoms with Gasteiger partial charge in [0, 0.05) is 51.8 Å². The van der Waals surface area contributed by atoms with Crippen LogP contribution < -0.4 is 9.47 Å². The number of nitrogens with zero attached hydrogens (tertiary/aromatic N) is 1. The highest BCUT2D eigenvalue weighted by molar-refractivity contribution is 6.22. The first-order valence-electron chi connectivity index (χ1n) is 8.84. The SMILES string of the molecule is COc1ccc2c(C(=O)c3nccc4c3[nH]c3cc(OC)ccc34)c[nH]c2c1. The molecule has 0 atom stereocenters. The largest absolute Gasteiger partial charge is 0.497 e. The third-order valence-corrected chi connectivity index (χ3v) is 5.08. The van der Waals surface area contributed by atoms with Crippen LogP contribution in [0.1, 0.15) is 16.1 Å². The van der Waals surface area contributed by atoms with Crippen molar-refractivity contribution in [1.82, 2.24) is 15.0 Å². The highest BCUT2D eigenvalue weighted by atomic mass is 16.5. The molecule has 0 unspecified atom stereocenters. The van der Waals surface area contributed by atoms with Crippen molar-refractivity contribution in [2.45, 2.75) is 0 Å². The molecule has 0 amide bonds. The lowest BCUT2D eigenvalue weighted by atomic mass is 10.0. The Hall–Kier alpha value is -3.80. The van der Waals surface area contributed by atoms with Crippen LogP contribution in [0, 0.1) is 0 Å². The Balaban J connectivity index is 1.69. The Labute approximate surface area is 160 Å². The quantitative estimate of drug-likeness (QED) is 0.458. The van der Waals surface area contributed by atoms with Gasteiger partial charge in [0.15, 0.2) is 0 Å². The molecular weight excluding hydrogens is 354 g/mol. The smallest absolute Gasteiger partial charge is 0.215 e. The molecular formula is C22H17N3O3. The van der Waals surface area contributed by atoms with Gasteiger partial charge >= 0.3 is 0 Å². The van der Waals surface area contributed by atoms with Gasteiger partial charge in [0.25, 0.3) is 0 Å². The molecule has 0 bridgehead atoms. The van der Waals surface area contributed by atoms with E-state index >= 15 is 0 Å². The van der Waals surface area contributed by atoms with Crippen LogP contribution in [0.3, 0.4) is 0 Å². The van der Waals surface area contributed by atoms with Gasteiger partial charge in [-0.2, -0.15) is 0 Å². The van der Waals surface area contributed by atoms with Crippen LogP contribution in [0.15, 0.2) is 54.9 Å². The van der Waals surface area contributed by atoms with Gasteiger partial charge in [-0.05, 0) is 30.3 Å². The molecule has 2 aromatic carbocycles. The van der Waals surface area contributed by atoms with Crippen LogP contribution in [0.5, 0.6) is 11.5 Å². The molecule has 3 aromatic heterocycles. The topological polar surface area (TPSA) is 80.0 Å². The molecule has 3 heterocycles. The Bertz CT molecular complexity index is 1360. The van der Waals surface area contributed by atoms with Gasteiger partial charge in [-0.3, -0.25) is 9.78 Å². The average Bonchev–Trinajstić information content (AvgIpc) is 3.33. The lowest BCUT2D eigenvalue weighted by Crippen LogP contribution is -2.04. The van der Waals surface area contributed by atoms with Crippen molar-refractivity contribution in [3.8, 4) is 11.5 Å². The Morgan fingerprint density at radius 3 is 2.36 bits per heavy atom. The molecule has 0 spiro atoms. The van der Waals surface area contributed by atoms with E-state index in [4.69, 9.17) is 9.47 Å². The maximum Gasteiger partial charge on any atom is 0.215 e. The normalized spacial score (nSPS) is 11.4.